The topological polar surface area (TPSA) is 12.9 Å². The summed E-state index contributed by atoms with van der Waals surface area (Å²) in [5.41, 5.74) is 4.04. The summed E-state index contributed by atoms with van der Waals surface area (Å²) in [6.45, 7) is 0. The van der Waals surface area contributed by atoms with Gasteiger partial charge in [-0.2, -0.15) is 42.0 Å². The van der Waals surface area contributed by atoms with E-state index in [0.717, 1.165) is 22.4 Å². The van der Waals surface area contributed by atoms with Gasteiger partial charge in [0.2, 0.25) is 0 Å². The van der Waals surface area contributed by atoms with E-state index in [4.69, 9.17) is 0 Å². The van der Waals surface area contributed by atoms with Crippen molar-refractivity contribution < 1.29 is 16.5 Å². The van der Waals surface area contributed by atoms with E-state index in [1.165, 1.54) is 4.46 Å². The number of rotatable bonds is 2. The molecule has 0 bridgehead atoms. The van der Waals surface area contributed by atoms with Crippen molar-refractivity contribution in [3.05, 3.63) is 109 Å². The van der Waals surface area contributed by atoms with Crippen LogP contribution in [0.5, 0.6) is 0 Å². The van der Waals surface area contributed by atoms with Gasteiger partial charge in [-0.05, 0) is 6.07 Å². The molecule has 4 aromatic rings. The molecule has 0 unspecified atom stereocenters. The Hall–Kier alpha value is -2.18. The molecule has 3 heteroatoms. The Bertz CT molecular complexity index is 842. The molecule has 0 aliphatic rings. The third-order valence-electron chi connectivity index (χ3n) is 3.48. The Morgan fingerprint density at radius 1 is 0.654 bits per heavy atom. The van der Waals surface area contributed by atoms with Crippen molar-refractivity contribution in [3.63, 3.8) is 0 Å². The molecule has 1 aromatic heterocycles. The summed E-state index contributed by atoms with van der Waals surface area (Å²) in [5.74, 6) is 0. The summed E-state index contributed by atoms with van der Waals surface area (Å²) in [4.78, 5) is 4.34. The molecule has 26 heavy (non-hydrogen) atoms. The van der Waals surface area contributed by atoms with Crippen LogP contribution in [0, 0.1) is 12.1 Å². The minimum absolute atomic E-state index is 0. The van der Waals surface area contributed by atoms with Crippen molar-refractivity contribution in [2.45, 2.75) is 0 Å². The quantitative estimate of drug-likeness (QED) is 0.328. The van der Waals surface area contributed by atoms with Crippen LogP contribution in [-0.4, -0.2) is 21.0 Å². The number of aromatic nitrogens is 1. The van der Waals surface area contributed by atoms with E-state index in [1.54, 1.807) is 6.20 Å². The van der Waals surface area contributed by atoms with Gasteiger partial charge in [0.05, 0.1) is 0 Å². The van der Waals surface area contributed by atoms with E-state index in [-0.39, 0.29) is 16.5 Å². The summed E-state index contributed by atoms with van der Waals surface area (Å²) in [5, 5.41) is 0. The van der Waals surface area contributed by atoms with Gasteiger partial charge in [-0.1, -0.05) is 12.1 Å². The zero-order chi connectivity index (χ0) is 17.3. The van der Waals surface area contributed by atoms with Crippen LogP contribution in [-0.2, 0) is 16.5 Å². The summed E-state index contributed by atoms with van der Waals surface area (Å²) in [7, 11) is 0. The van der Waals surface area contributed by atoms with Crippen LogP contribution < -0.4 is 4.46 Å². The predicted molar refractivity (Wildman–Crippen MR) is 105 cm³/mol. The summed E-state index contributed by atoms with van der Waals surface area (Å²) in [6, 6.07) is 36.6. The van der Waals surface area contributed by atoms with Crippen molar-refractivity contribution in [2.24, 2.45) is 0 Å². The molecule has 0 aliphatic heterocycles. The molecule has 0 saturated heterocycles. The Labute approximate surface area is 173 Å². The molecular formula is C23H16NNiSe. The van der Waals surface area contributed by atoms with Gasteiger partial charge < -0.3 is 0 Å². The maximum atomic E-state index is 4.34. The smallest absolute Gasteiger partial charge is 0.0183 e. The van der Waals surface area contributed by atoms with Crippen LogP contribution in [0.25, 0.3) is 22.4 Å². The van der Waals surface area contributed by atoms with Crippen LogP contribution in [0.15, 0.2) is 97.2 Å². The molecular weight excluding hydrogens is 428 g/mol. The van der Waals surface area contributed by atoms with Gasteiger partial charge in [-0.3, -0.25) is 4.98 Å². The summed E-state index contributed by atoms with van der Waals surface area (Å²) < 4.78 is 1.20. The zero-order valence-electron chi connectivity index (χ0n) is 13.9. The minimum atomic E-state index is 0. The van der Waals surface area contributed by atoms with Gasteiger partial charge in [0.25, 0.3) is 0 Å². The van der Waals surface area contributed by atoms with Crippen molar-refractivity contribution in [2.75, 3.05) is 0 Å². The molecule has 4 rings (SSSR count). The fourth-order valence-corrected chi connectivity index (χ4v) is 2.61. The second-order valence-corrected chi connectivity index (χ2v) is 6.27. The maximum absolute atomic E-state index is 4.34. The van der Waals surface area contributed by atoms with E-state index in [1.807, 2.05) is 91.0 Å². The standard InChI is InChI=1S/C17H11N.C6H5Se.Ni/c1-2-7-14(8-3-1)15-9-6-10-16(13-15)17-11-4-5-12-18-17;7-6-4-2-1-3-5-6;/h1-7,9-12H;1-5H;/q-2;;+2. The Morgan fingerprint density at radius 2 is 1.35 bits per heavy atom. The fourth-order valence-electron chi connectivity index (χ4n) is 2.28. The van der Waals surface area contributed by atoms with Gasteiger partial charge in [0.1, 0.15) is 0 Å². The second-order valence-electron chi connectivity index (χ2n) is 5.28. The molecule has 0 atom stereocenters. The first kappa shape index (κ1) is 20.1. The van der Waals surface area contributed by atoms with Crippen molar-refractivity contribution in [1.82, 2.24) is 4.98 Å². The minimum Gasteiger partial charge on any atom is -0.295 e. The molecule has 3 aromatic carbocycles. The fraction of sp³-hybridized carbons (Fsp3) is 0. The number of pyridine rings is 1. The first-order chi connectivity index (χ1) is 12.3. The van der Waals surface area contributed by atoms with Gasteiger partial charge in [-0.15, -0.1) is 23.8 Å². The van der Waals surface area contributed by atoms with Gasteiger partial charge in [0, 0.05) is 11.9 Å². The third-order valence-corrected chi connectivity index (χ3v) is 4.05. The molecule has 1 radical (unpaired) electrons. The molecule has 0 aliphatic carbocycles. The van der Waals surface area contributed by atoms with E-state index in [2.05, 4.69) is 33.1 Å². The molecule has 1 nitrogen and oxygen atoms in total. The van der Waals surface area contributed by atoms with Crippen LogP contribution >= 0.6 is 0 Å². The first-order valence-corrected chi connectivity index (χ1v) is 8.81. The van der Waals surface area contributed by atoms with Gasteiger partial charge >= 0.3 is 67.3 Å². The number of nitrogens with zero attached hydrogens (tertiary/aromatic N) is 1. The molecule has 129 valence electrons. The average Bonchev–Trinajstić information content (AvgIpc) is 2.71. The van der Waals surface area contributed by atoms with E-state index in [9.17, 15) is 0 Å². The van der Waals surface area contributed by atoms with Crippen LogP contribution in [0.4, 0.5) is 0 Å². The predicted octanol–water partition coefficient (Wildman–Crippen LogP) is 4.49. The maximum Gasteiger partial charge on any atom is 0.0183 e. The molecule has 0 amide bonds. The summed E-state index contributed by atoms with van der Waals surface area (Å²) >= 11 is 2.90. The van der Waals surface area contributed by atoms with Gasteiger partial charge in [-0.25, -0.2) is 5.56 Å². The van der Waals surface area contributed by atoms with Crippen LogP contribution in [0.3, 0.4) is 0 Å². The Morgan fingerprint density at radius 3 is 1.96 bits per heavy atom. The molecule has 0 fully saturated rings. The number of hydrogen-bond acceptors (Lipinski definition) is 1. The number of hydrogen-bond donors (Lipinski definition) is 0. The van der Waals surface area contributed by atoms with Crippen LogP contribution in [0.1, 0.15) is 0 Å². The second kappa shape index (κ2) is 10.7. The number of benzene rings is 3. The Kier molecular flexibility index (Phi) is 8.31. The van der Waals surface area contributed by atoms with Gasteiger partial charge in [0.15, 0.2) is 0 Å². The average molecular weight is 444 g/mol. The summed E-state index contributed by atoms with van der Waals surface area (Å²) in [6.07, 6.45) is 1.80. The zero-order valence-corrected chi connectivity index (χ0v) is 16.6. The monoisotopic (exact) mass is 444 g/mol. The van der Waals surface area contributed by atoms with Crippen molar-refractivity contribution >= 4 is 20.5 Å². The largest absolute Gasteiger partial charge is 0.295 e. The molecule has 0 N–H and O–H groups in total. The molecule has 1 heterocycles. The van der Waals surface area contributed by atoms with E-state index < -0.39 is 0 Å². The van der Waals surface area contributed by atoms with Crippen molar-refractivity contribution in [3.8, 4) is 22.4 Å². The first-order valence-electron chi connectivity index (χ1n) is 7.96. The van der Waals surface area contributed by atoms with E-state index >= 15 is 0 Å². The van der Waals surface area contributed by atoms with Crippen LogP contribution in [0.2, 0.25) is 0 Å². The normalized spacial score (nSPS) is 9.38. The van der Waals surface area contributed by atoms with E-state index in [0.29, 0.717) is 0 Å². The molecule has 0 spiro atoms. The third kappa shape index (κ3) is 5.97. The SMILES string of the molecule is [Ni+2].[Se]c1ccccc1.[c-]1ccccc1-c1[c-]c(-c2ccccn2)ccc1. The molecule has 0 saturated carbocycles. The Balaban J connectivity index is 0.000000258. The van der Waals surface area contributed by atoms with Crippen molar-refractivity contribution in [1.29, 1.82) is 0 Å².